The van der Waals surface area contributed by atoms with E-state index in [0.29, 0.717) is 17.9 Å². The van der Waals surface area contributed by atoms with Gasteiger partial charge in [0.1, 0.15) is 17.8 Å². The van der Waals surface area contributed by atoms with Crippen LogP contribution < -0.4 is 21.9 Å². The Balaban J connectivity index is 1.59. The third-order valence-corrected chi connectivity index (χ3v) is 3.81. The first kappa shape index (κ1) is 16.9. The number of anilines is 3. The highest BCUT2D eigenvalue weighted by atomic mass is 19.1. The van der Waals surface area contributed by atoms with Gasteiger partial charge in [0.25, 0.3) is 5.91 Å². The summed E-state index contributed by atoms with van der Waals surface area (Å²) in [5.41, 5.74) is 11.7. The molecule has 0 bridgehead atoms. The third-order valence-electron chi connectivity index (χ3n) is 3.81. The number of nitrogens with two attached hydrogens (primary N) is 1. The zero-order chi connectivity index (χ0) is 17.6. The lowest BCUT2D eigenvalue weighted by atomic mass is 10.2. The molecular weight excluding hydrogens is 327 g/mol. The van der Waals surface area contributed by atoms with Crippen LogP contribution in [-0.2, 0) is 4.74 Å². The summed E-state index contributed by atoms with van der Waals surface area (Å²) in [6, 6.07) is 5.18. The molecule has 1 aromatic carbocycles. The lowest BCUT2D eigenvalue weighted by Gasteiger charge is -2.15. The highest BCUT2D eigenvalue weighted by Gasteiger charge is 2.16. The Bertz CT molecular complexity index is 734. The number of hydrazine groups is 1. The molecule has 1 unspecified atom stereocenters. The number of nitrogens with zero attached hydrogens (tertiary/aromatic N) is 2. The lowest BCUT2D eigenvalue weighted by Crippen LogP contribution is -2.30. The first-order valence-electron chi connectivity index (χ1n) is 7.91. The number of halogens is 1. The van der Waals surface area contributed by atoms with Crippen molar-refractivity contribution in [2.24, 2.45) is 0 Å². The van der Waals surface area contributed by atoms with Crippen LogP contribution in [0.25, 0.3) is 0 Å². The van der Waals surface area contributed by atoms with E-state index in [1.807, 2.05) is 0 Å². The molecular formula is C16H19FN6O2. The van der Waals surface area contributed by atoms with Gasteiger partial charge in [-0.3, -0.25) is 15.6 Å². The fraction of sp³-hybridized carbons (Fsp3) is 0.312. The van der Waals surface area contributed by atoms with E-state index in [1.54, 1.807) is 0 Å². The summed E-state index contributed by atoms with van der Waals surface area (Å²) in [4.78, 5) is 20.1. The van der Waals surface area contributed by atoms with Crippen molar-refractivity contribution in [3.63, 3.8) is 0 Å². The molecule has 1 aromatic heterocycles. The van der Waals surface area contributed by atoms with Crippen molar-refractivity contribution < 1.29 is 13.9 Å². The zero-order valence-electron chi connectivity index (χ0n) is 13.5. The number of nitrogen functional groups attached to an aromatic ring is 1. The van der Waals surface area contributed by atoms with Gasteiger partial charge in [-0.2, -0.15) is 0 Å². The molecule has 1 fully saturated rings. The topological polar surface area (TPSA) is 114 Å². The summed E-state index contributed by atoms with van der Waals surface area (Å²) >= 11 is 0. The lowest BCUT2D eigenvalue weighted by molar-refractivity contribution is 0.0962. The zero-order valence-corrected chi connectivity index (χ0v) is 13.5. The predicted octanol–water partition coefficient (Wildman–Crippen LogP) is 1.55. The fourth-order valence-corrected chi connectivity index (χ4v) is 2.44. The van der Waals surface area contributed by atoms with E-state index in [1.165, 1.54) is 30.6 Å². The van der Waals surface area contributed by atoms with Crippen molar-refractivity contribution in [2.75, 3.05) is 29.6 Å². The molecule has 1 atom stereocenters. The molecule has 132 valence electrons. The van der Waals surface area contributed by atoms with Gasteiger partial charge < -0.3 is 15.8 Å². The van der Waals surface area contributed by atoms with Crippen molar-refractivity contribution in [1.82, 2.24) is 15.4 Å². The summed E-state index contributed by atoms with van der Waals surface area (Å²) in [6.07, 6.45) is 3.52. The Kier molecular flexibility index (Phi) is 5.24. The van der Waals surface area contributed by atoms with Gasteiger partial charge in [0, 0.05) is 18.7 Å². The molecule has 1 saturated heterocycles. The van der Waals surface area contributed by atoms with Crippen molar-refractivity contribution >= 4 is 23.2 Å². The Hall–Kier alpha value is -2.94. The second-order valence-corrected chi connectivity index (χ2v) is 5.59. The van der Waals surface area contributed by atoms with Crippen LogP contribution >= 0.6 is 0 Å². The Morgan fingerprint density at radius 3 is 2.76 bits per heavy atom. The number of rotatable bonds is 6. The van der Waals surface area contributed by atoms with E-state index < -0.39 is 11.7 Å². The van der Waals surface area contributed by atoms with Gasteiger partial charge in [0.2, 0.25) is 0 Å². The van der Waals surface area contributed by atoms with E-state index >= 15 is 0 Å². The predicted molar refractivity (Wildman–Crippen MR) is 91.4 cm³/mol. The van der Waals surface area contributed by atoms with Crippen molar-refractivity contribution in [1.29, 1.82) is 0 Å². The SMILES string of the molecule is Nc1c(NCC2CCCO2)ncnc1NNC(=O)c1ccc(F)cc1. The Morgan fingerprint density at radius 2 is 2.04 bits per heavy atom. The average molecular weight is 346 g/mol. The van der Waals surface area contributed by atoms with E-state index in [-0.39, 0.29) is 17.6 Å². The van der Waals surface area contributed by atoms with Crippen LogP contribution in [0.3, 0.4) is 0 Å². The molecule has 9 heteroatoms. The quantitative estimate of drug-likeness (QED) is 0.587. The smallest absolute Gasteiger partial charge is 0.269 e. The number of amides is 1. The Morgan fingerprint density at radius 1 is 1.28 bits per heavy atom. The number of hydrogen-bond donors (Lipinski definition) is 4. The number of nitrogens with one attached hydrogen (secondary N) is 3. The highest BCUT2D eigenvalue weighted by Crippen LogP contribution is 2.22. The summed E-state index contributed by atoms with van der Waals surface area (Å²) < 4.78 is 18.4. The first-order chi connectivity index (χ1) is 12.1. The monoisotopic (exact) mass is 346 g/mol. The summed E-state index contributed by atoms with van der Waals surface area (Å²) in [7, 11) is 0. The minimum absolute atomic E-state index is 0.143. The summed E-state index contributed by atoms with van der Waals surface area (Å²) in [5, 5.41) is 3.13. The van der Waals surface area contributed by atoms with E-state index in [9.17, 15) is 9.18 Å². The fourth-order valence-electron chi connectivity index (χ4n) is 2.44. The molecule has 5 N–H and O–H groups in total. The van der Waals surface area contributed by atoms with Crippen molar-refractivity contribution in [3.8, 4) is 0 Å². The van der Waals surface area contributed by atoms with E-state index in [0.717, 1.165) is 19.4 Å². The van der Waals surface area contributed by atoms with Crippen LogP contribution in [0.15, 0.2) is 30.6 Å². The highest BCUT2D eigenvalue weighted by molar-refractivity contribution is 5.95. The molecule has 0 radical (unpaired) electrons. The van der Waals surface area contributed by atoms with Gasteiger partial charge in [0.05, 0.1) is 6.10 Å². The molecule has 1 aliphatic rings. The van der Waals surface area contributed by atoms with Crippen LogP contribution in [0, 0.1) is 5.82 Å². The number of carbonyl (C=O) groups excluding carboxylic acids is 1. The minimum Gasteiger partial charge on any atom is -0.393 e. The molecule has 8 nitrogen and oxygen atoms in total. The maximum atomic E-state index is 12.9. The first-order valence-corrected chi connectivity index (χ1v) is 7.91. The normalized spacial score (nSPS) is 16.4. The number of aromatic nitrogens is 2. The maximum absolute atomic E-state index is 12.9. The molecule has 1 aliphatic heterocycles. The number of benzene rings is 1. The second kappa shape index (κ2) is 7.75. The molecule has 0 saturated carbocycles. The number of carbonyl (C=O) groups is 1. The molecule has 2 aromatic rings. The minimum atomic E-state index is -0.438. The third kappa shape index (κ3) is 4.32. The number of hydrogen-bond acceptors (Lipinski definition) is 7. The van der Waals surface area contributed by atoms with Crippen LogP contribution in [-0.4, -0.2) is 35.1 Å². The van der Waals surface area contributed by atoms with Gasteiger partial charge in [-0.05, 0) is 37.1 Å². The van der Waals surface area contributed by atoms with Crippen molar-refractivity contribution in [3.05, 3.63) is 42.0 Å². The standard InChI is InChI=1S/C16H19FN6O2/c17-11-5-3-10(4-6-11)16(24)23-22-15-13(18)14(20-9-21-15)19-8-12-2-1-7-25-12/h3-6,9,12H,1-2,7-8,18H2,(H,23,24)(H2,19,20,21,22). The van der Waals surface area contributed by atoms with Crippen LogP contribution in [0.1, 0.15) is 23.2 Å². The van der Waals surface area contributed by atoms with Gasteiger partial charge in [-0.1, -0.05) is 0 Å². The van der Waals surface area contributed by atoms with Gasteiger partial charge in [-0.15, -0.1) is 0 Å². The number of ether oxygens (including phenoxy) is 1. The van der Waals surface area contributed by atoms with Gasteiger partial charge in [-0.25, -0.2) is 14.4 Å². The van der Waals surface area contributed by atoms with Crippen LogP contribution in [0.2, 0.25) is 0 Å². The van der Waals surface area contributed by atoms with Gasteiger partial charge in [0.15, 0.2) is 11.6 Å². The summed E-state index contributed by atoms with van der Waals surface area (Å²) in [5.74, 6) is -0.122. The largest absolute Gasteiger partial charge is 0.393 e. The molecule has 0 aliphatic carbocycles. The van der Waals surface area contributed by atoms with Crippen LogP contribution in [0.5, 0.6) is 0 Å². The van der Waals surface area contributed by atoms with Crippen molar-refractivity contribution in [2.45, 2.75) is 18.9 Å². The molecule has 0 spiro atoms. The molecule has 1 amide bonds. The average Bonchev–Trinajstić information content (AvgIpc) is 3.14. The molecule has 2 heterocycles. The molecule has 25 heavy (non-hydrogen) atoms. The van der Waals surface area contributed by atoms with E-state index in [4.69, 9.17) is 10.5 Å². The summed E-state index contributed by atoms with van der Waals surface area (Å²) in [6.45, 7) is 1.37. The second-order valence-electron chi connectivity index (χ2n) is 5.59. The maximum Gasteiger partial charge on any atom is 0.269 e. The van der Waals surface area contributed by atoms with Gasteiger partial charge >= 0.3 is 0 Å². The molecule has 3 rings (SSSR count). The van der Waals surface area contributed by atoms with E-state index in [2.05, 4.69) is 26.1 Å². The van der Waals surface area contributed by atoms with Crippen LogP contribution in [0.4, 0.5) is 21.7 Å². The Labute approximate surface area is 144 Å².